The van der Waals surface area contributed by atoms with Gasteiger partial charge in [0.25, 0.3) is 6.43 Å². The molecule has 1 saturated heterocycles. The molecule has 0 bridgehead atoms. The second-order valence-electron chi connectivity index (χ2n) is 9.58. The van der Waals surface area contributed by atoms with Crippen LogP contribution in [-0.4, -0.2) is 77.1 Å². The van der Waals surface area contributed by atoms with Crippen LogP contribution in [0.2, 0.25) is 0 Å². The number of sulfonamides is 1. The average Bonchev–Trinajstić information content (AvgIpc) is 3.30. The third-order valence-electron chi connectivity index (χ3n) is 6.77. The lowest BCUT2D eigenvalue weighted by Crippen LogP contribution is -2.41. The number of para-hydroxylation sites is 2. The van der Waals surface area contributed by atoms with E-state index in [1.165, 1.54) is 4.57 Å². The summed E-state index contributed by atoms with van der Waals surface area (Å²) in [4.78, 5) is 19.8. The summed E-state index contributed by atoms with van der Waals surface area (Å²) in [6.07, 6.45) is 0.521. The molecule has 2 N–H and O–H groups in total. The topological polar surface area (TPSA) is 127 Å². The number of hydrogen-bond acceptors (Lipinski definition) is 9. The molecule has 1 aliphatic heterocycles. The number of rotatable bonds is 9. The summed E-state index contributed by atoms with van der Waals surface area (Å²) in [6.45, 7) is 4.00. The van der Waals surface area contributed by atoms with Crippen LogP contribution in [0.3, 0.4) is 0 Å². The summed E-state index contributed by atoms with van der Waals surface area (Å²) >= 11 is 0. The minimum Gasteiger partial charge on any atom is -0.378 e. The van der Waals surface area contributed by atoms with Gasteiger partial charge in [-0.05, 0) is 44.2 Å². The fourth-order valence-electron chi connectivity index (χ4n) is 4.94. The summed E-state index contributed by atoms with van der Waals surface area (Å²) in [5, 5.41) is 3.35. The number of fused-ring (bicyclic) bond motifs is 1. The molecule has 0 radical (unpaired) electrons. The molecule has 11 nitrogen and oxygen atoms in total. The lowest BCUT2D eigenvalue weighted by atomic mass is 9.92. The second kappa shape index (κ2) is 11.4. The normalized spacial score (nSPS) is 20.8. The molecule has 1 aliphatic carbocycles. The highest BCUT2D eigenvalue weighted by Gasteiger charge is 2.27. The summed E-state index contributed by atoms with van der Waals surface area (Å²) in [6, 6.07) is 6.78. The predicted octanol–water partition coefficient (Wildman–Crippen LogP) is 3.04. The number of nitrogens with one attached hydrogen (secondary N) is 2. The second-order valence-corrected chi connectivity index (χ2v) is 11.5. The smallest absolute Gasteiger partial charge is 0.296 e. The van der Waals surface area contributed by atoms with Crippen molar-refractivity contribution in [3.63, 3.8) is 0 Å². The Balaban J connectivity index is 1.43. The van der Waals surface area contributed by atoms with E-state index in [0.717, 1.165) is 0 Å². The van der Waals surface area contributed by atoms with Crippen molar-refractivity contribution < 1.29 is 21.9 Å². The Morgan fingerprint density at radius 1 is 1.00 bits per heavy atom. The number of anilines is 2. The highest BCUT2D eigenvalue weighted by Crippen LogP contribution is 2.28. The fraction of sp³-hybridized carbons (Fsp3) is 0.583. The molecule has 2 aromatic heterocycles. The van der Waals surface area contributed by atoms with E-state index in [1.807, 2.05) is 11.8 Å². The van der Waals surface area contributed by atoms with Gasteiger partial charge in [-0.1, -0.05) is 19.1 Å². The zero-order chi connectivity index (χ0) is 26.7. The fourth-order valence-corrected chi connectivity index (χ4v) is 6.34. The van der Waals surface area contributed by atoms with Crippen LogP contribution < -0.4 is 14.9 Å². The van der Waals surface area contributed by atoms with Crippen molar-refractivity contribution in [3.8, 4) is 5.95 Å². The molecule has 0 spiro atoms. The Bertz CT molecular complexity index is 1360. The quantitative estimate of drug-likeness (QED) is 0.413. The molecule has 0 unspecified atom stereocenters. The van der Waals surface area contributed by atoms with Gasteiger partial charge in [-0.25, -0.2) is 26.9 Å². The Morgan fingerprint density at radius 3 is 2.39 bits per heavy atom. The highest BCUT2D eigenvalue weighted by atomic mass is 32.2. The first-order chi connectivity index (χ1) is 18.3. The number of halogens is 2. The number of hydrogen-bond donors (Lipinski definition) is 2. The lowest BCUT2D eigenvalue weighted by molar-refractivity contribution is 0.122. The first-order valence-corrected chi connectivity index (χ1v) is 14.6. The first-order valence-electron chi connectivity index (χ1n) is 12.9. The molecule has 2 aliphatic rings. The SMILES string of the molecule is CCCS(=O)(=O)NC1CCC(Nc2nc(N3CCOCC3)nc(-n3c(C(F)F)nc4ccccc43)n2)CC1. The third kappa shape index (κ3) is 6.02. The van der Waals surface area contributed by atoms with Crippen LogP contribution in [0.4, 0.5) is 20.7 Å². The van der Waals surface area contributed by atoms with Gasteiger partial charge in [-0.15, -0.1) is 0 Å². The highest BCUT2D eigenvalue weighted by molar-refractivity contribution is 7.89. The van der Waals surface area contributed by atoms with E-state index in [-0.39, 0.29) is 29.7 Å². The van der Waals surface area contributed by atoms with Crippen molar-refractivity contribution in [3.05, 3.63) is 30.1 Å². The molecular formula is C24H32F2N8O3S. The molecule has 3 heterocycles. The van der Waals surface area contributed by atoms with Crippen LogP contribution in [0.15, 0.2) is 24.3 Å². The minimum atomic E-state index is -3.27. The lowest BCUT2D eigenvalue weighted by Gasteiger charge is -2.30. The van der Waals surface area contributed by atoms with Crippen LogP contribution in [-0.2, 0) is 14.8 Å². The molecule has 14 heteroatoms. The zero-order valence-corrected chi connectivity index (χ0v) is 22.0. The monoisotopic (exact) mass is 550 g/mol. The summed E-state index contributed by atoms with van der Waals surface area (Å²) in [5.41, 5.74) is 0.905. The Hall–Kier alpha value is -2.97. The summed E-state index contributed by atoms with van der Waals surface area (Å²) in [7, 11) is -3.27. The van der Waals surface area contributed by atoms with Crippen LogP contribution >= 0.6 is 0 Å². The van der Waals surface area contributed by atoms with Gasteiger partial charge < -0.3 is 15.0 Å². The first kappa shape index (κ1) is 26.6. The van der Waals surface area contributed by atoms with Gasteiger partial charge in [-0.2, -0.15) is 15.0 Å². The number of aromatic nitrogens is 5. The van der Waals surface area contributed by atoms with Crippen molar-refractivity contribution >= 4 is 33.0 Å². The van der Waals surface area contributed by atoms with Crippen molar-refractivity contribution in [2.45, 2.75) is 57.5 Å². The van der Waals surface area contributed by atoms with E-state index in [9.17, 15) is 17.2 Å². The molecule has 206 valence electrons. The van der Waals surface area contributed by atoms with E-state index in [0.29, 0.717) is 75.4 Å². The summed E-state index contributed by atoms with van der Waals surface area (Å²) in [5.74, 6) is 0.404. The van der Waals surface area contributed by atoms with Crippen LogP contribution in [0.5, 0.6) is 0 Å². The van der Waals surface area contributed by atoms with E-state index in [4.69, 9.17) is 4.74 Å². The Morgan fingerprint density at radius 2 is 1.68 bits per heavy atom. The molecule has 0 atom stereocenters. The maximum absolute atomic E-state index is 14.0. The van der Waals surface area contributed by atoms with E-state index >= 15 is 0 Å². The number of alkyl halides is 2. The van der Waals surface area contributed by atoms with Crippen LogP contribution in [0.1, 0.15) is 51.3 Å². The maximum atomic E-state index is 14.0. The molecule has 38 heavy (non-hydrogen) atoms. The molecule has 1 saturated carbocycles. The van der Waals surface area contributed by atoms with Crippen molar-refractivity contribution in [2.75, 3.05) is 42.3 Å². The molecular weight excluding hydrogens is 518 g/mol. The summed E-state index contributed by atoms with van der Waals surface area (Å²) < 4.78 is 61.9. The number of imidazole rings is 1. The van der Waals surface area contributed by atoms with E-state index < -0.39 is 22.3 Å². The number of ether oxygens (including phenoxy) is 1. The number of nitrogens with zero attached hydrogens (tertiary/aromatic N) is 6. The number of benzene rings is 1. The van der Waals surface area contributed by atoms with E-state index in [1.54, 1.807) is 24.3 Å². The molecule has 0 amide bonds. The van der Waals surface area contributed by atoms with Gasteiger partial charge >= 0.3 is 0 Å². The van der Waals surface area contributed by atoms with Crippen molar-refractivity contribution in [2.24, 2.45) is 0 Å². The largest absolute Gasteiger partial charge is 0.378 e. The average molecular weight is 551 g/mol. The van der Waals surface area contributed by atoms with Gasteiger partial charge in [0.15, 0.2) is 5.82 Å². The van der Waals surface area contributed by atoms with Crippen LogP contribution in [0, 0.1) is 0 Å². The van der Waals surface area contributed by atoms with Gasteiger partial charge in [0.05, 0.1) is 30.0 Å². The van der Waals surface area contributed by atoms with Crippen LogP contribution in [0.25, 0.3) is 17.0 Å². The molecule has 2 fully saturated rings. The predicted molar refractivity (Wildman–Crippen MR) is 139 cm³/mol. The van der Waals surface area contributed by atoms with Gasteiger partial charge in [-0.3, -0.25) is 4.57 Å². The van der Waals surface area contributed by atoms with Gasteiger partial charge in [0, 0.05) is 25.2 Å². The Labute approximate surface area is 220 Å². The number of morpholine rings is 1. The maximum Gasteiger partial charge on any atom is 0.296 e. The third-order valence-corrected chi connectivity index (χ3v) is 8.41. The van der Waals surface area contributed by atoms with Crippen molar-refractivity contribution in [1.82, 2.24) is 29.2 Å². The van der Waals surface area contributed by atoms with Crippen molar-refractivity contribution in [1.29, 1.82) is 0 Å². The minimum absolute atomic E-state index is 0.00354. The molecule has 3 aromatic rings. The molecule has 5 rings (SSSR count). The van der Waals surface area contributed by atoms with Gasteiger partial charge in [0.1, 0.15) is 0 Å². The van der Waals surface area contributed by atoms with E-state index in [2.05, 4.69) is 30.0 Å². The van der Waals surface area contributed by atoms with Gasteiger partial charge in [0.2, 0.25) is 27.9 Å². The zero-order valence-electron chi connectivity index (χ0n) is 21.2. The Kier molecular flexibility index (Phi) is 8.00. The standard InChI is InChI=1S/C24H32F2N8O3S/c1-2-15-38(35,36)32-17-9-7-16(8-10-17)27-22-29-23(33-11-13-37-14-12-33)31-24(30-22)34-19-6-4-3-5-18(19)28-21(34)20(25)26/h3-6,16-17,20,32H,2,7-15H2,1H3,(H,27,29,30,31). The molecule has 1 aromatic carbocycles.